The van der Waals surface area contributed by atoms with Crippen molar-refractivity contribution >= 4 is 5.97 Å². The fourth-order valence-electron chi connectivity index (χ4n) is 2.27. The third kappa shape index (κ3) is 3.49. The van der Waals surface area contributed by atoms with Crippen LogP contribution in [0.3, 0.4) is 0 Å². The van der Waals surface area contributed by atoms with Crippen molar-refractivity contribution in [2.75, 3.05) is 14.2 Å². The van der Waals surface area contributed by atoms with Crippen molar-refractivity contribution in [2.45, 2.75) is 12.8 Å². The Kier molecular flexibility index (Phi) is 4.88. The molecule has 0 aliphatic rings. The number of aromatic carboxylic acids is 1. The van der Waals surface area contributed by atoms with Gasteiger partial charge in [-0.3, -0.25) is 0 Å². The van der Waals surface area contributed by atoms with E-state index in [2.05, 4.69) is 0 Å². The second-order valence-corrected chi connectivity index (χ2v) is 4.83. The third-order valence-electron chi connectivity index (χ3n) is 3.46. The second kappa shape index (κ2) is 6.85. The minimum absolute atomic E-state index is 0.0879. The molecule has 22 heavy (non-hydrogen) atoms. The number of hydrogen-bond acceptors (Lipinski definition) is 4. The largest absolute Gasteiger partial charge is 0.507 e. The molecule has 2 aromatic carbocycles. The van der Waals surface area contributed by atoms with E-state index in [-0.39, 0.29) is 11.3 Å². The number of ether oxygens (including phenoxy) is 2. The van der Waals surface area contributed by atoms with E-state index in [1.807, 2.05) is 18.2 Å². The monoisotopic (exact) mass is 302 g/mol. The molecule has 5 nitrogen and oxygen atoms in total. The number of carboxylic acid groups (broad SMARTS) is 1. The van der Waals surface area contributed by atoms with Crippen molar-refractivity contribution in [3.63, 3.8) is 0 Å². The second-order valence-electron chi connectivity index (χ2n) is 4.83. The standard InChI is InChI=1S/C17H18O5/c1-21-13-6-8-16(22-2)12(10-13)5-3-11-4-7-15(18)14(9-11)17(19)20/h4,6-10,18H,3,5H2,1-2H3,(H,19,20). The first-order valence-electron chi connectivity index (χ1n) is 6.81. The van der Waals surface area contributed by atoms with Crippen LogP contribution >= 0.6 is 0 Å². The molecule has 0 aliphatic heterocycles. The van der Waals surface area contributed by atoms with Crippen LogP contribution in [-0.4, -0.2) is 30.4 Å². The molecule has 116 valence electrons. The predicted molar refractivity (Wildman–Crippen MR) is 82.0 cm³/mol. The lowest BCUT2D eigenvalue weighted by atomic mass is 10.0. The maximum Gasteiger partial charge on any atom is 0.339 e. The van der Waals surface area contributed by atoms with Gasteiger partial charge in [-0.05, 0) is 54.3 Å². The van der Waals surface area contributed by atoms with Crippen molar-refractivity contribution in [1.82, 2.24) is 0 Å². The van der Waals surface area contributed by atoms with Gasteiger partial charge in [-0.25, -0.2) is 4.79 Å². The highest BCUT2D eigenvalue weighted by Gasteiger charge is 2.11. The number of hydrogen-bond donors (Lipinski definition) is 2. The van der Waals surface area contributed by atoms with Crippen LogP contribution in [0.25, 0.3) is 0 Å². The van der Waals surface area contributed by atoms with Gasteiger partial charge in [0.25, 0.3) is 0 Å². The van der Waals surface area contributed by atoms with Crippen LogP contribution in [-0.2, 0) is 12.8 Å². The number of carbonyl (C=O) groups is 1. The summed E-state index contributed by atoms with van der Waals surface area (Å²) in [5, 5.41) is 18.6. The highest BCUT2D eigenvalue weighted by Crippen LogP contribution is 2.26. The van der Waals surface area contributed by atoms with Crippen molar-refractivity contribution in [2.24, 2.45) is 0 Å². The summed E-state index contributed by atoms with van der Waals surface area (Å²) in [5.74, 6) is 0.138. The topological polar surface area (TPSA) is 76.0 Å². The van der Waals surface area contributed by atoms with Gasteiger partial charge in [0.05, 0.1) is 14.2 Å². The number of carboxylic acids is 1. The molecule has 2 aromatic rings. The molecule has 2 N–H and O–H groups in total. The van der Waals surface area contributed by atoms with E-state index in [0.717, 1.165) is 22.6 Å². The molecule has 0 bridgehead atoms. The van der Waals surface area contributed by atoms with Gasteiger partial charge in [-0.15, -0.1) is 0 Å². The molecule has 0 unspecified atom stereocenters. The van der Waals surface area contributed by atoms with E-state index >= 15 is 0 Å². The molecule has 2 rings (SSSR count). The third-order valence-corrected chi connectivity index (χ3v) is 3.46. The molecule has 0 amide bonds. The van der Waals surface area contributed by atoms with Gasteiger partial charge in [-0.1, -0.05) is 6.07 Å². The summed E-state index contributed by atoms with van der Waals surface area (Å²) in [7, 11) is 3.21. The Bertz CT molecular complexity index is 679. The van der Waals surface area contributed by atoms with Crippen LogP contribution in [0.15, 0.2) is 36.4 Å². The van der Waals surface area contributed by atoms with E-state index in [0.29, 0.717) is 12.8 Å². The SMILES string of the molecule is COc1ccc(OC)c(CCc2ccc(O)c(C(=O)O)c2)c1. The van der Waals surface area contributed by atoms with E-state index in [1.54, 1.807) is 20.3 Å². The summed E-state index contributed by atoms with van der Waals surface area (Å²) >= 11 is 0. The minimum Gasteiger partial charge on any atom is -0.507 e. The molecule has 0 fully saturated rings. The van der Waals surface area contributed by atoms with Gasteiger partial charge in [-0.2, -0.15) is 0 Å². The quantitative estimate of drug-likeness (QED) is 0.858. The number of phenols is 1. The first-order chi connectivity index (χ1) is 10.5. The van der Waals surface area contributed by atoms with Gasteiger partial charge in [0.15, 0.2) is 0 Å². The molecule has 0 aromatic heterocycles. The lowest BCUT2D eigenvalue weighted by Crippen LogP contribution is -2.00. The Morgan fingerprint density at radius 3 is 2.45 bits per heavy atom. The first kappa shape index (κ1) is 15.7. The van der Waals surface area contributed by atoms with Gasteiger partial charge in [0.1, 0.15) is 22.8 Å². The average molecular weight is 302 g/mol. The number of rotatable bonds is 6. The molecular weight excluding hydrogens is 284 g/mol. The summed E-state index contributed by atoms with van der Waals surface area (Å²) in [6.07, 6.45) is 1.30. The number of aromatic hydroxyl groups is 1. The zero-order valence-electron chi connectivity index (χ0n) is 12.5. The molecule has 0 radical (unpaired) electrons. The van der Waals surface area contributed by atoms with Crippen LogP contribution in [0.1, 0.15) is 21.5 Å². The molecule has 0 saturated carbocycles. The molecular formula is C17H18O5. The van der Waals surface area contributed by atoms with Crippen molar-refractivity contribution in [3.8, 4) is 17.2 Å². The summed E-state index contributed by atoms with van der Waals surface area (Å²) in [6.45, 7) is 0. The van der Waals surface area contributed by atoms with Crippen molar-refractivity contribution in [3.05, 3.63) is 53.1 Å². The van der Waals surface area contributed by atoms with Gasteiger partial charge < -0.3 is 19.7 Å². The average Bonchev–Trinajstić information content (AvgIpc) is 2.53. The summed E-state index contributed by atoms with van der Waals surface area (Å²) in [6, 6.07) is 10.2. The highest BCUT2D eigenvalue weighted by atomic mass is 16.5. The van der Waals surface area contributed by atoms with E-state index in [1.165, 1.54) is 12.1 Å². The Hall–Kier alpha value is -2.69. The van der Waals surface area contributed by atoms with Crippen LogP contribution in [0.5, 0.6) is 17.2 Å². The van der Waals surface area contributed by atoms with Crippen LogP contribution in [0.2, 0.25) is 0 Å². The van der Waals surface area contributed by atoms with Crippen LogP contribution in [0.4, 0.5) is 0 Å². The van der Waals surface area contributed by atoms with E-state index < -0.39 is 5.97 Å². The van der Waals surface area contributed by atoms with Crippen molar-refractivity contribution in [1.29, 1.82) is 0 Å². The van der Waals surface area contributed by atoms with Gasteiger partial charge >= 0.3 is 5.97 Å². The molecule has 0 aliphatic carbocycles. The normalized spacial score (nSPS) is 10.3. The highest BCUT2D eigenvalue weighted by molar-refractivity contribution is 5.90. The smallest absolute Gasteiger partial charge is 0.339 e. The summed E-state index contributed by atoms with van der Waals surface area (Å²) in [4.78, 5) is 11.0. The molecule has 0 saturated heterocycles. The summed E-state index contributed by atoms with van der Waals surface area (Å²) in [5.41, 5.74) is 1.72. The van der Waals surface area contributed by atoms with E-state index in [4.69, 9.17) is 14.6 Å². The van der Waals surface area contributed by atoms with E-state index in [9.17, 15) is 9.90 Å². The van der Waals surface area contributed by atoms with Crippen LogP contribution in [0, 0.1) is 0 Å². The van der Waals surface area contributed by atoms with Gasteiger partial charge in [0, 0.05) is 0 Å². The fourth-order valence-corrected chi connectivity index (χ4v) is 2.27. The Morgan fingerprint density at radius 1 is 1.05 bits per heavy atom. The molecule has 0 spiro atoms. The van der Waals surface area contributed by atoms with Crippen LogP contribution < -0.4 is 9.47 Å². The maximum absolute atomic E-state index is 11.0. The van der Waals surface area contributed by atoms with Gasteiger partial charge in [0.2, 0.25) is 0 Å². The molecule has 0 atom stereocenters. The number of aryl methyl sites for hydroxylation is 2. The van der Waals surface area contributed by atoms with Crippen molar-refractivity contribution < 1.29 is 24.5 Å². The molecule has 0 heterocycles. The Labute approximate surface area is 128 Å². The first-order valence-corrected chi connectivity index (χ1v) is 6.81. The lowest BCUT2D eigenvalue weighted by Gasteiger charge is -2.11. The zero-order chi connectivity index (χ0) is 16.1. The lowest BCUT2D eigenvalue weighted by molar-refractivity contribution is 0.0693. The molecule has 5 heteroatoms. The Morgan fingerprint density at radius 2 is 1.82 bits per heavy atom. The summed E-state index contributed by atoms with van der Waals surface area (Å²) < 4.78 is 10.5. The predicted octanol–water partition coefficient (Wildman–Crippen LogP) is 2.89. The zero-order valence-corrected chi connectivity index (χ0v) is 12.5. The maximum atomic E-state index is 11.0. The Balaban J connectivity index is 2.19. The minimum atomic E-state index is -1.14. The fraction of sp³-hybridized carbons (Fsp3) is 0.235. The number of benzene rings is 2. The number of methoxy groups -OCH3 is 2.